The number of carbonyl (C=O) groups excluding carboxylic acids is 11. The fourth-order valence-electron chi connectivity index (χ4n) is 12.9. The third kappa shape index (κ3) is 33.3. The molecule has 107 heavy (non-hydrogen) atoms. The Morgan fingerprint density at radius 1 is 0.626 bits per heavy atom. The number of aliphatic hydroxyl groups is 1. The van der Waals surface area contributed by atoms with Crippen molar-refractivity contribution < 1.29 is 95.7 Å². The number of likely N-dealkylation sites (N-methyl/N-ethyl adjacent to an activating group) is 2. The topological polar surface area (TPSA) is 352 Å². The first-order valence-corrected chi connectivity index (χ1v) is 37.9. The molecular formula is C79H126N8O20. The summed E-state index contributed by atoms with van der Waals surface area (Å²) in [4.78, 5) is 150. The molecular weight excluding hydrogens is 1380 g/mol. The lowest BCUT2D eigenvalue weighted by molar-refractivity contribution is -0.149. The van der Waals surface area contributed by atoms with E-state index in [0.29, 0.717) is 108 Å². The number of ether oxygens (including phenoxy) is 8. The highest BCUT2D eigenvalue weighted by atomic mass is 16.6. The Morgan fingerprint density at radius 2 is 1.23 bits per heavy atom. The molecule has 0 bridgehead atoms. The molecule has 2 aromatic carbocycles. The highest BCUT2D eigenvalue weighted by Gasteiger charge is 2.44. The van der Waals surface area contributed by atoms with Gasteiger partial charge in [0.05, 0.1) is 115 Å². The summed E-state index contributed by atoms with van der Waals surface area (Å²) in [7, 11) is 7.46. The SMILES string of the molecule is CC[C@H](C)[C@@H]([C@@H](CC(=O)N1CCC[C@H]1[C@H](OC)[C@@H](C)C(=O)N[C@H](C)[C@@H](O)c1ccccc1)OC)N(C)C(=O)[C@@H](CC(=O)[C@H](C(C)C)N(C)C(=O)OCc1ccc(NC(=O)[C@H](C)NC(=O)[C@@H](NC(=O)CCOCCOCCOCCOCCNC(=O)CCCCCCC(=O)/C=C\C(=O)OC)C(C)C)cc1)C(C)C. The predicted octanol–water partition coefficient (Wildman–Crippen LogP) is 7.47. The number of carbonyl (C=O) groups is 11. The second-order valence-electron chi connectivity index (χ2n) is 28.6. The van der Waals surface area contributed by atoms with Crippen molar-refractivity contribution in [2.24, 2.45) is 35.5 Å². The molecule has 602 valence electrons. The molecule has 0 spiro atoms. The van der Waals surface area contributed by atoms with E-state index in [1.807, 2.05) is 59.7 Å². The molecule has 0 saturated carbocycles. The molecule has 12 atom stereocenters. The fourth-order valence-corrected chi connectivity index (χ4v) is 12.9. The number of amides is 8. The van der Waals surface area contributed by atoms with Crippen LogP contribution in [0.5, 0.6) is 0 Å². The molecule has 0 aliphatic carbocycles. The third-order valence-electron chi connectivity index (χ3n) is 19.4. The number of ketones is 2. The minimum atomic E-state index is -0.997. The molecule has 0 unspecified atom stereocenters. The summed E-state index contributed by atoms with van der Waals surface area (Å²) in [6, 6.07) is 11.1. The van der Waals surface area contributed by atoms with Gasteiger partial charge in [-0.25, -0.2) is 9.59 Å². The molecule has 1 saturated heterocycles. The number of nitrogens with one attached hydrogen (secondary N) is 5. The summed E-state index contributed by atoms with van der Waals surface area (Å²) in [6.07, 6.45) is 4.64. The normalized spacial score (nSPS) is 16.1. The molecule has 1 aliphatic heterocycles. The lowest BCUT2D eigenvalue weighted by Gasteiger charge is -2.41. The van der Waals surface area contributed by atoms with Gasteiger partial charge < -0.3 is 84.3 Å². The summed E-state index contributed by atoms with van der Waals surface area (Å²) >= 11 is 0. The van der Waals surface area contributed by atoms with Gasteiger partial charge in [-0.2, -0.15) is 0 Å². The number of methoxy groups -OCH3 is 3. The average molecular weight is 1510 g/mol. The monoisotopic (exact) mass is 1510 g/mol. The predicted molar refractivity (Wildman–Crippen MR) is 404 cm³/mol. The number of hydrogen-bond acceptors (Lipinski definition) is 20. The summed E-state index contributed by atoms with van der Waals surface area (Å²) < 4.78 is 44.4. The maximum Gasteiger partial charge on any atom is 0.410 e. The molecule has 0 aromatic heterocycles. The van der Waals surface area contributed by atoms with Crippen LogP contribution >= 0.6 is 0 Å². The van der Waals surface area contributed by atoms with Crippen molar-refractivity contribution in [2.45, 2.75) is 214 Å². The van der Waals surface area contributed by atoms with E-state index in [1.54, 1.807) is 80.9 Å². The van der Waals surface area contributed by atoms with Crippen molar-refractivity contribution in [1.82, 2.24) is 36.0 Å². The van der Waals surface area contributed by atoms with Crippen LogP contribution < -0.4 is 26.6 Å². The zero-order valence-corrected chi connectivity index (χ0v) is 66.3. The molecule has 1 aliphatic rings. The van der Waals surface area contributed by atoms with Crippen LogP contribution in [0.3, 0.4) is 0 Å². The molecule has 28 heteroatoms. The van der Waals surface area contributed by atoms with Gasteiger partial charge in [-0.15, -0.1) is 0 Å². The number of likely N-dealkylation sites (tertiary alicyclic amines) is 1. The Kier molecular flexibility index (Phi) is 44.4. The second-order valence-corrected chi connectivity index (χ2v) is 28.6. The number of benzene rings is 2. The van der Waals surface area contributed by atoms with E-state index in [-0.39, 0.29) is 105 Å². The van der Waals surface area contributed by atoms with Gasteiger partial charge in [-0.3, -0.25) is 43.2 Å². The first kappa shape index (κ1) is 93.5. The van der Waals surface area contributed by atoms with Crippen LogP contribution in [0.4, 0.5) is 10.5 Å². The van der Waals surface area contributed by atoms with Crippen molar-refractivity contribution in [3.05, 3.63) is 77.9 Å². The van der Waals surface area contributed by atoms with E-state index in [1.165, 1.54) is 46.3 Å². The minimum Gasteiger partial charge on any atom is -0.466 e. The Hall–Kier alpha value is -7.73. The second kappa shape index (κ2) is 50.8. The fraction of sp³-hybridized carbons (Fsp3) is 0.684. The number of anilines is 1. The first-order chi connectivity index (χ1) is 50.9. The average Bonchev–Trinajstić information content (AvgIpc) is 1.80. The lowest BCUT2D eigenvalue weighted by Crippen LogP contribution is -2.55. The standard InChI is InChI=1S/C79H126N8O20/c1-17-54(8)72(65(100-14)49-68(92)87-39-25-29-63(87)74(102-16)55(9)75(95)81-56(10)73(94)59-26-21-20-22-27-59)85(12)78(98)62(51(2)3)48-64(89)71(53(6)7)86(13)79(99)107-50-58-31-33-60(34-32-58)83-76(96)57(11)82-77(97)70(52(4)5)84-67(91)37-40-103-42-44-105-46-47-106-45-43-104-41-38-80-66(90)30-24-19-18-23-28-61(88)35-36-69(93)101-15/h20-22,26-27,31-36,51-57,62-63,65,70-74,94H,17-19,23-25,28-30,37-50H2,1-16H3,(H,80,90)(H,81,95)(H,82,97)(H,83,96)(H,84,91)/b36-35-/t54-,55+,56+,57-,62-,63-,65+,70-,71-,72-,73+,74+/m0/s1. The number of rotatable bonds is 53. The van der Waals surface area contributed by atoms with Gasteiger partial charge in [-0.05, 0) is 92.5 Å². The number of Topliss-reactive ketones (excluding diaryl/α,β-unsaturated/α-hetero) is 1. The van der Waals surface area contributed by atoms with E-state index in [9.17, 15) is 57.8 Å². The van der Waals surface area contributed by atoms with Gasteiger partial charge in [0.15, 0.2) is 11.6 Å². The van der Waals surface area contributed by atoms with Crippen LogP contribution in [0.15, 0.2) is 66.7 Å². The quantitative estimate of drug-likeness (QED) is 0.0212. The lowest BCUT2D eigenvalue weighted by atomic mass is 9.83. The Labute approximate surface area is 634 Å². The zero-order valence-electron chi connectivity index (χ0n) is 66.3. The summed E-state index contributed by atoms with van der Waals surface area (Å²) in [5.41, 5.74) is 1.65. The molecule has 28 nitrogen and oxygen atoms in total. The molecule has 1 heterocycles. The first-order valence-electron chi connectivity index (χ1n) is 37.9. The van der Waals surface area contributed by atoms with Gasteiger partial charge in [0, 0.05) is 84.8 Å². The molecule has 8 amide bonds. The number of unbranched alkanes of at least 4 members (excludes halogenated alkanes) is 3. The van der Waals surface area contributed by atoms with Crippen LogP contribution in [0, 0.1) is 35.5 Å². The van der Waals surface area contributed by atoms with Gasteiger partial charge in [-0.1, -0.05) is 124 Å². The van der Waals surface area contributed by atoms with Gasteiger partial charge in [0.2, 0.25) is 41.4 Å². The van der Waals surface area contributed by atoms with Crippen LogP contribution in [0.25, 0.3) is 0 Å². The maximum atomic E-state index is 14.9. The van der Waals surface area contributed by atoms with Crippen molar-refractivity contribution in [3.63, 3.8) is 0 Å². The molecule has 1 fully saturated rings. The van der Waals surface area contributed by atoms with Crippen LogP contribution in [-0.4, -0.2) is 235 Å². The van der Waals surface area contributed by atoms with Crippen LogP contribution in [0.1, 0.15) is 170 Å². The van der Waals surface area contributed by atoms with Gasteiger partial charge >= 0.3 is 12.1 Å². The Balaban J connectivity index is 1.41. The molecule has 6 N–H and O–H groups in total. The van der Waals surface area contributed by atoms with Crippen LogP contribution in [0.2, 0.25) is 0 Å². The largest absolute Gasteiger partial charge is 0.466 e. The van der Waals surface area contributed by atoms with E-state index in [4.69, 9.17) is 33.2 Å². The summed E-state index contributed by atoms with van der Waals surface area (Å²) in [5, 5.41) is 24.9. The van der Waals surface area contributed by atoms with Gasteiger partial charge in [0.25, 0.3) is 0 Å². The number of hydrogen-bond donors (Lipinski definition) is 6. The maximum absolute atomic E-state index is 14.9. The number of nitrogens with zero attached hydrogens (tertiary/aromatic N) is 3. The van der Waals surface area contributed by atoms with E-state index in [0.717, 1.165) is 18.9 Å². The highest BCUT2D eigenvalue weighted by molar-refractivity contribution is 5.98. The molecule has 3 rings (SSSR count). The van der Waals surface area contributed by atoms with E-state index >= 15 is 0 Å². The van der Waals surface area contributed by atoms with Crippen molar-refractivity contribution in [2.75, 3.05) is 107 Å². The van der Waals surface area contributed by atoms with Crippen molar-refractivity contribution >= 4 is 70.7 Å². The Bertz CT molecular complexity index is 3080. The molecule has 2 aromatic rings. The smallest absolute Gasteiger partial charge is 0.410 e. The highest BCUT2D eigenvalue weighted by Crippen LogP contribution is 2.32. The van der Waals surface area contributed by atoms with Crippen molar-refractivity contribution in [1.29, 1.82) is 0 Å². The Morgan fingerprint density at radius 3 is 1.80 bits per heavy atom. The minimum absolute atomic E-state index is 0.0177. The number of esters is 1. The third-order valence-corrected chi connectivity index (χ3v) is 19.4. The summed E-state index contributed by atoms with van der Waals surface area (Å²) in [6.45, 7) is 22.8. The summed E-state index contributed by atoms with van der Waals surface area (Å²) in [5.74, 6) is -6.02. The van der Waals surface area contributed by atoms with Crippen molar-refractivity contribution in [3.8, 4) is 0 Å². The van der Waals surface area contributed by atoms with E-state index < -0.39 is 96.2 Å². The molecule has 0 radical (unpaired) electrons. The van der Waals surface area contributed by atoms with Crippen LogP contribution in [-0.2, 0) is 92.4 Å². The zero-order chi connectivity index (χ0) is 79.7. The number of aliphatic hydroxyl groups excluding tert-OH is 1. The van der Waals surface area contributed by atoms with E-state index in [2.05, 4.69) is 31.3 Å². The number of allylic oxidation sites excluding steroid dienone is 1. The van der Waals surface area contributed by atoms with Gasteiger partial charge in [0.1, 0.15) is 18.7 Å².